The molecule has 0 spiro atoms. The fourth-order valence-electron chi connectivity index (χ4n) is 1.57. The summed E-state index contributed by atoms with van der Waals surface area (Å²) in [6.45, 7) is 1.89. The van der Waals surface area contributed by atoms with Crippen molar-refractivity contribution in [3.63, 3.8) is 0 Å². The highest BCUT2D eigenvalue weighted by molar-refractivity contribution is 7.08. The van der Waals surface area contributed by atoms with E-state index in [-0.39, 0.29) is 5.91 Å². The molecule has 0 saturated carbocycles. The van der Waals surface area contributed by atoms with Crippen molar-refractivity contribution < 1.29 is 14.7 Å². The Labute approximate surface area is 124 Å². The Kier molecular flexibility index (Phi) is 4.72. The lowest BCUT2D eigenvalue weighted by atomic mass is 10.2. The van der Waals surface area contributed by atoms with Crippen LogP contribution in [0.3, 0.4) is 0 Å². The van der Waals surface area contributed by atoms with Crippen LogP contribution in [0.4, 0.5) is 5.82 Å². The van der Waals surface area contributed by atoms with Crippen molar-refractivity contribution in [2.24, 2.45) is 0 Å². The summed E-state index contributed by atoms with van der Waals surface area (Å²) in [5.74, 6) is -1.03. The molecule has 7 nitrogen and oxygen atoms in total. The predicted molar refractivity (Wildman–Crippen MR) is 78.1 cm³/mol. The summed E-state index contributed by atoms with van der Waals surface area (Å²) in [4.78, 5) is 27.0. The highest BCUT2D eigenvalue weighted by Gasteiger charge is 2.15. The van der Waals surface area contributed by atoms with Gasteiger partial charge in [0.25, 0.3) is 5.91 Å². The molecule has 1 amide bonds. The zero-order chi connectivity index (χ0) is 15.2. The molecule has 0 aliphatic rings. The smallest absolute Gasteiger partial charge is 0.328 e. The van der Waals surface area contributed by atoms with Crippen molar-refractivity contribution in [3.8, 4) is 0 Å². The molecule has 0 aromatic carbocycles. The Balaban J connectivity index is 2.14. The van der Waals surface area contributed by atoms with Crippen molar-refractivity contribution in [3.05, 3.63) is 40.5 Å². The molecule has 2 heterocycles. The highest BCUT2D eigenvalue weighted by atomic mass is 32.1. The second-order valence-electron chi connectivity index (χ2n) is 4.00. The number of pyridine rings is 1. The van der Waals surface area contributed by atoms with Gasteiger partial charge in [0.1, 0.15) is 10.7 Å². The van der Waals surface area contributed by atoms with Gasteiger partial charge in [-0.15, -0.1) is 5.10 Å². The predicted octanol–water partition coefficient (Wildman–Crippen LogP) is 1.85. The first kappa shape index (κ1) is 14.8. The van der Waals surface area contributed by atoms with E-state index in [1.165, 1.54) is 12.3 Å². The molecule has 21 heavy (non-hydrogen) atoms. The van der Waals surface area contributed by atoms with Crippen LogP contribution >= 0.6 is 11.5 Å². The van der Waals surface area contributed by atoms with E-state index in [0.717, 1.165) is 17.6 Å². The molecule has 2 N–H and O–H groups in total. The molecule has 2 aromatic rings. The van der Waals surface area contributed by atoms with Gasteiger partial charge in [-0.25, -0.2) is 9.78 Å². The number of carbonyl (C=O) groups excluding carboxylic acids is 1. The average Bonchev–Trinajstić information content (AvgIpc) is 2.94. The minimum Gasteiger partial charge on any atom is -0.478 e. The normalized spacial score (nSPS) is 10.7. The molecule has 8 heteroatoms. The maximum Gasteiger partial charge on any atom is 0.328 e. The number of aryl methyl sites for hydroxylation is 1. The fourth-order valence-corrected chi connectivity index (χ4v) is 2.22. The Morgan fingerprint density at radius 1 is 1.48 bits per heavy atom. The molecule has 108 valence electrons. The van der Waals surface area contributed by atoms with Gasteiger partial charge in [-0.1, -0.05) is 11.4 Å². The maximum atomic E-state index is 12.1. The summed E-state index contributed by atoms with van der Waals surface area (Å²) in [6.07, 6.45) is 4.55. The van der Waals surface area contributed by atoms with Crippen molar-refractivity contribution >= 4 is 35.3 Å². The monoisotopic (exact) mass is 304 g/mol. The lowest BCUT2D eigenvalue weighted by Gasteiger charge is -2.04. The SMILES string of the molecule is CCc1nnsc1C(=O)Nc1cc(/C=C/C(=O)O)ccn1. The van der Waals surface area contributed by atoms with E-state index in [1.807, 2.05) is 6.92 Å². The van der Waals surface area contributed by atoms with E-state index in [2.05, 4.69) is 19.9 Å². The standard InChI is InChI=1S/C13H12N4O3S/c1-2-9-12(21-17-16-9)13(20)15-10-7-8(5-6-14-10)3-4-11(18)19/h3-7H,2H2,1H3,(H,18,19)(H,14,15,20)/b4-3+. The molecule has 0 aliphatic carbocycles. The first-order valence-corrected chi connectivity index (χ1v) is 6.87. The van der Waals surface area contributed by atoms with E-state index in [9.17, 15) is 9.59 Å². The summed E-state index contributed by atoms with van der Waals surface area (Å²) in [7, 11) is 0. The maximum absolute atomic E-state index is 12.1. The lowest BCUT2D eigenvalue weighted by Crippen LogP contribution is -2.13. The molecule has 0 aliphatic heterocycles. The van der Waals surface area contributed by atoms with Crippen molar-refractivity contribution in [1.29, 1.82) is 0 Å². The van der Waals surface area contributed by atoms with Crippen LogP contribution in [-0.4, -0.2) is 31.6 Å². The summed E-state index contributed by atoms with van der Waals surface area (Å²) < 4.78 is 3.76. The second kappa shape index (κ2) is 6.71. The van der Waals surface area contributed by atoms with Gasteiger partial charge in [-0.2, -0.15) is 0 Å². The first-order valence-electron chi connectivity index (χ1n) is 6.09. The topological polar surface area (TPSA) is 105 Å². The number of anilines is 1. The van der Waals surface area contributed by atoms with Crippen LogP contribution < -0.4 is 5.32 Å². The molecule has 2 aromatic heterocycles. The van der Waals surface area contributed by atoms with Crippen molar-refractivity contribution in [2.45, 2.75) is 13.3 Å². The molecule has 0 bridgehead atoms. The van der Waals surface area contributed by atoms with Gasteiger partial charge in [0.05, 0.1) is 5.69 Å². The number of nitrogens with zero attached hydrogens (tertiary/aromatic N) is 3. The number of hydrogen-bond donors (Lipinski definition) is 2. The number of amides is 1. The Bertz CT molecular complexity index is 696. The number of carbonyl (C=O) groups is 2. The third-order valence-corrected chi connectivity index (χ3v) is 3.31. The van der Waals surface area contributed by atoms with Gasteiger partial charge in [-0.05, 0) is 41.7 Å². The van der Waals surface area contributed by atoms with Gasteiger partial charge in [-0.3, -0.25) is 4.79 Å². The van der Waals surface area contributed by atoms with Gasteiger partial charge >= 0.3 is 5.97 Å². The van der Waals surface area contributed by atoms with Gasteiger partial charge in [0, 0.05) is 12.3 Å². The van der Waals surface area contributed by atoms with E-state index >= 15 is 0 Å². The molecular formula is C13H12N4O3S. The number of carboxylic acids is 1. The number of nitrogens with one attached hydrogen (secondary N) is 1. The molecular weight excluding hydrogens is 292 g/mol. The molecule has 0 unspecified atom stereocenters. The third-order valence-electron chi connectivity index (χ3n) is 2.54. The number of rotatable bonds is 5. The van der Waals surface area contributed by atoms with E-state index in [0.29, 0.717) is 28.4 Å². The summed E-state index contributed by atoms with van der Waals surface area (Å²) >= 11 is 1.03. The highest BCUT2D eigenvalue weighted by Crippen LogP contribution is 2.15. The van der Waals surface area contributed by atoms with E-state index in [1.54, 1.807) is 12.1 Å². The minimum atomic E-state index is -1.04. The van der Waals surface area contributed by atoms with Crippen LogP contribution in [-0.2, 0) is 11.2 Å². The van der Waals surface area contributed by atoms with Crippen LogP contribution in [0.15, 0.2) is 24.4 Å². The van der Waals surface area contributed by atoms with Crippen molar-refractivity contribution in [2.75, 3.05) is 5.32 Å². The molecule has 2 rings (SSSR count). The molecule has 0 fully saturated rings. The van der Waals surface area contributed by atoms with Crippen LogP contribution in [0.5, 0.6) is 0 Å². The Morgan fingerprint density at radius 2 is 2.29 bits per heavy atom. The minimum absolute atomic E-state index is 0.325. The number of aromatic nitrogens is 3. The van der Waals surface area contributed by atoms with Gasteiger partial charge in [0.15, 0.2) is 0 Å². The fraction of sp³-hybridized carbons (Fsp3) is 0.154. The summed E-state index contributed by atoms with van der Waals surface area (Å²) in [6, 6.07) is 3.22. The quantitative estimate of drug-likeness (QED) is 0.817. The first-order chi connectivity index (χ1) is 10.1. The molecule has 0 atom stereocenters. The molecule has 0 radical (unpaired) electrons. The van der Waals surface area contributed by atoms with Gasteiger partial charge < -0.3 is 10.4 Å². The zero-order valence-electron chi connectivity index (χ0n) is 11.1. The largest absolute Gasteiger partial charge is 0.478 e. The zero-order valence-corrected chi connectivity index (χ0v) is 11.9. The van der Waals surface area contributed by atoms with Gasteiger partial charge in [0.2, 0.25) is 0 Å². The number of aliphatic carboxylic acids is 1. The Morgan fingerprint density at radius 3 is 3.00 bits per heavy atom. The average molecular weight is 304 g/mol. The van der Waals surface area contributed by atoms with E-state index < -0.39 is 5.97 Å². The third kappa shape index (κ3) is 3.93. The lowest BCUT2D eigenvalue weighted by molar-refractivity contribution is -0.131. The number of hydrogen-bond acceptors (Lipinski definition) is 6. The van der Waals surface area contributed by atoms with E-state index in [4.69, 9.17) is 5.11 Å². The van der Waals surface area contributed by atoms with Crippen LogP contribution in [0, 0.1) is 0 Å². The summed E-state index contributed by atoms with van der Waals surface area (Å²) in [5, 5.41) is 15.1. The van der Waals surface area contributed by atoms with Crippen LogP contribution in [0.1, 0.15) is 27.9 Å². The second-order valence-corrected chi connectivity index (χ2v) is 4.76. The van der Waals surface area contributed by atoms with Crippen LogP contribution in [0.2, 0.25) is 0 Å². The number of carboxylic acid groups (broad SMARTS) is 1. The van der Waals surface area contributed by atoms with Crippen LogP contribution in [0.25, 0.3) is 6.08 Å². The Hall–Kier alpha value is -2.61. The summed E-state index contributed by atoms with van der Waals surface area (Å²) in [5.41, 5.74) is 1.26. The van der Waals surface area contributed by atoms with Crippen molar-refractivity contribution in [1.82, 2.24) is 14.6 Å². The molecule has 0 saturated heterocycles.